The first-order chi connectivity index (χ1) is 8.13. The van der Waals surface area contributed by atoms with Crippen molar-refractivity contribution in [2.75, 3.05) is 13.1 Å². The number of rotatable bonds is 3. The maximum Gasteiger partial charge on any atom is 0.251 e. The first-order valence-electron chi connectivity index (χ1n) is 6.25. The van der Waals surface area contributed by atoms with Gasteiger partial charge in [-0.3, -0.25) is 4.79 Å². The van der Waals surface area contributed by atoms with Gasteiger partial charge in [0.2, 0.25) is 0 Å². The molecule has 0 spiro atoms. The lowest BCUT2D eigenvalue weighted by Gasteiger charge is -2.24. The van der Waals surface area contributed by atoms with Gasteiger partial charge in [-0.1, -0.05) is 19.1 Å². The second-order valence-corrected chi connectivity index (χ2v) is 4.99. The average molecular weight is 232 g/mol. The smallest absolute Gasteiger partial charge is 0.251 e. The minimum atomic E-state index is -0.0967. The molecule has 0 aliphatic carbocycles. The van der Waals surface area contributed by atoms with Gasteiger partial charge in [0.15, 0.2) is 0 Å². The molecule has 17 heavy (non-hydrogen) atoms. The Kier molecular flexibility index (Phi) is 3.48. The molecule has 2 N–H and O–H groups in total. The molecule has 1 saturated heterocycles. The highest BCUT2D eigenvalue weighted by Gasteiger charge is 2.30. The van der Waals surface area contributed by atoms with E-state index < -0.39 is 0 Å². The fourth-order valence-corrected chi connectivity index (χ4v) is 2.16. The van der Waals surface area contributed by atoms with Crippen molar-refractivity contribution in [3.8, 4) is 0 Å². The van der Waals surface area contributed by atoms with Gasteiger partial charge in [0, 0.05) is 12.1 Å². The number of amides is 1. The number of carbonyl (C=O) groups excluding carboxylic acids is 1. The zero-order valence-electron chi connectivity index (χ0n) is 10.5. The zero-order valence-corrected chi connectivity index (χ0v) is 10.5. The maximum absolute atomic E-state index is 12.1. The van der Waals surface area contributed by atoms with Crippen LogP contribution >= 0.6 is 0 Å². The molecule has 1 aliphatic rings. The van der Waals surface area contributed by atoms with E-state index in [1.54, 1.807) is 0 Å². The quantitative estimate of drug-likeness (QED) is 0.833. The number of hydrogen-bond acceptors (Lipinski definition) is 2. The summed E-state index contributed by atoms with van der Waals surface area (Å²) in [5.74, 6) is 0.0267. The Hall–Kier alpha value is -1.35. The van der Waals surface area contributed by atoms with Crippen molar-refractivity contribution in [2.45, 2.75) is 32.2 Å². The highest BCUT2D eigenvalue weighted by atomic mass is 16.1. The Bertz CT molecular complexity index is 391. The molecule has 3 nitrogen and oxygen atoms in total. The van der Waals surface area contributed by atoms with Gasteiger partial charge in [0.1, 0.15) is 0 Å². The monoisotopic (exact) mass is 232 g/mol. The van der Waals surface area contributed by atoms with E-state index in [2.05, 4.69) is 24.5 Å². The van der Waals surface area contributed by atoms with Crippen molar-refractivity contribution in [3.05, 3.63) is 35.4 Å². The van der Waals surface area contributed by atoms with Gasteiger partial charge in [0.05, 0.1) is 5.54 Å². The molecule has 1 aromatic rings. The van der Waals surface area contributed by atoms with E-state index in [4.69, 9.17) is 0 Å². The summed E-state index contributed by atoms with van der Waals surface area (Å²) in [5, 5.41) is 6.38. The second-order valence-electron chi connectivity index (χ2n) is 4.99. The van der Waals surface area contributed by atoms with Crippen molar-refractivity contribution >= 4 is 5.91 Å². The van der Waals surface area contributed by atoms with Crippen molar-refractivity contribution < 1.29 is 4.79 Å². The fourth-order valence-electron chi connectivity index (χ4n) is 2.16. The van der Waals surface area contributed by atoms with Crippen LogP contribution in [0.25, 0.3) is 0 Å². The van der Waals surface area contributed by atoms with Crippen LogP contribution in [0, 0.1) is 0 Å². The summed E-state index contributed by atoms with van der Waals surface area (Å²) in [6.45, 7) is 6.03. The van der Waals surface area contributed by atoms with Crippen LogP contribution in [0.5, 0.6) is 0 Å². The minimum Gasteiger partial charge on any atom is -0.346 e. The molecule has 0 aromatic heterocycles. The number of aryl methyl sites for hydroxylation is 1. The van der Waals surface area contributed by atoms with Crippen LogP contribution in [-0.2, 0) is 6.42 Å². The molecule has 92 valence electrons. The third-order valence-electron chi connectivity index (χ3n) is 3.41. The third-order valence-corrected chi connectivity index (χ3v) is 3.41. The molecule has 1 amide bonds. The molecule has 0 saturated carbocycles. The maximum atomic E-state index is 12.1. The standard InChI is InChI=1S/C14H20N2O/c1-3-11-4-6-12(7-5-11)13(17)16-14(2)8-9-15-10-14/h4-7,15H,3,8-10H2,1-2H3,(H,16,17). The minimum absolute atomic E-state index is 0.0267. The Balaban J connectivity index is 2.03. The Morgan fingerprint density at radius 2 is 2.12 bits per heavy atom. The Morgan fingerprint density at radius 3 is 2.65 bits per heavy atom. The van der Waals surface area contributed by atoms with Crippen LogP contribution in [0.3, 0.4) is 0 Å². The van der Waals surface area contributed by atoms with Crippen molar-refractivity contribution in [3.63, 3.8) is 0 Å². The van der Waals surface area contributed by atoms with Crippen LogP contribution in [0.1, 0.15) is 36.2 Å². The van der Waals surface area contributed by atoms with E-state index >= 15 is 0 Å². The summed E-state index contributed by atoms with van der Waals surface area (Å²) >= 11 is 0. The van der Waals surface area contributed by atoms with Crippen molar-refractivity contribution in [1.82, 2.24) is 10.6 Å². The molecule has 0 bridgehead atoms. The third kappa shape index (κ3) is 2.86. The van der Waals surface area contributed by atoms with E-state index in [1.165, 1.54) is 5.56 Å². The highest BCUT2D eigenvalue weighted by molar-refractivity contribution is 5.94. The van der Waals surface area contributed by atoms with E-state index in [1.807, 2.05) is 24.3 Å². The van der Waals surface area contributed by atoms with Gasteiger partial charge in [-0.15, -0.1) is 0 Å². The van der Waals surface area contributed by atoms with Gasteiger partial charge in [-0.2, -0.15) is 0 Å². The molecule has 1 fully saturated rings. The van der Waals surface area contributed by atoms with Gasteiger partial charge in [-0.05, 0) is 44.0 Å². The lowest BCUT2D eigenvalue weighted by Crippen LogP contribution is -2.47. The summed E-state index contributed by atoms with van der Waals surface area (Å²) in [7, 11) is 0. The van der Waals surface area contributed by atoms with E-state index in [-0.39, 0.29) is 11.4 Å². The van der Waals surface area contributed by atoms with Crippen molar-refractivity contribution in [1.29, 1.82) is 0 Å². The normalized spacial score (nSPS) is 23.6. The lowest BCUT2D eigenvalue weighted by molar-refractivity contribution is 0.0913. The second kappa shape index (κ2) is 4.88. The van der Waals surface area contributed by atoms with Crippen LogP contribution in [-0.4, -0.2) is 24.5 Å². The molecule has 1 atom stereocenters. The number of nitrogens with one attached hydrogen (secondary N) is 2. The van der Waals surface area contributed by atoms with Gasteiger partial charge in [0.25, 0.3) is 5.91 Å². The van der Waals surface area contributed by atoms with Gasteiger partial charge >= 0.3 is 0 Å². The molecule has 1 heterocycles. The predicted molar refractivity (Wildman–Crippen MR) is 69.2 cm³/mol. The van der Waals surface area contributed by atoms with Crippen LogP contribution in [0.2, 0.25) is 0 Å². The molecule has 3 heteroatoms. The summed E-state index contributed by atoms with van der Waals surface area (Å²) < 4.78 is 0. The summed E-state index contributed by atoms with van der Waals surface area (Å²) in [5.41, 5.74) is 1.91. The molecular weight excluding hydrogens is 212 g/mol. The molecule has 1 aliphatic heterocycles. The first kappa shape index (κ1) is 12.1. The summed E-state index contributed by atoms with van der Waals surface area (Å²) in [6, 6.07) is 7.84. The first-order valence-corrected chi connectivity index (χ1v) is 6.25. The molecule has 1 unspecified atom stereocenters. The molecular formula is C14H20N2O. The van der Waals surface area contributed by atoms with Crippen LogP contribution in [0.15, 0.2) is 24.3 Å². The molecule has 0 radical (unpaired) electrons. The Labute approximate surface area is 103 Å². The van der Waals surface area contributed by atoms with Crippen LogP contribution < -0.4 is 10.6 Å². The topological polar surface area (TPSA) is 41.1 Å². The van der Waals surface area contributed by atoms with E-state index in [0.717, 1.165) is 31.5 Å². The average Bonchev–Trinajstić information content (AvgIpc) is 2.76. The van der Waals surface area contributed by atoms with Gasteiger partial charge in [-0.25, -0.2) is 0 Å². The molecule has 1 aromatic carbocycles. The largest absolute Gasteiger partial charge is 0.346 e. The highest BCUT2D eigenvalue weighted by Crippen LogP contribution is 2.14. The predicted octanol–water partition coefficient (Wildman–Crippen LogP) is 1.73. The van der Waals surface area contributed by atoms with E-state index in [9.17, 15) is 4.79 Å². The van der Waals surface area contributed by atoms with Gasteiger partial charge < -0.3 is 10.6 Å². The number of carbonyl (C=O) groups is 1. The number of benzene rings is 1. The number of hydrogen-bond donors (Lipinski definition) is 2. The SMILES string of the molecule is CCc1ccc(C(=O)NC2(C)CCNC2)cc1. The van der Waals surface area contributed by atoms with Crippen molar-refractivity contribution in [2.24, 2.45) is 0 Å². The lowest BCUT2D eigenvalue weighted by atomic mass is 10.0. The summed E-state index contributed by atoms with van der Waals surface area (Å²) in [4.78, 5) is 12.1. The fraction of sp³-hybridized carbons (Fsp3) is 0.500. The zero-order chi connectivity index (χ0) is 12.3. The Morgan fingerprint density at radius 1 is 1.41 bits per heavy atom. The molecule has 2 rings (SSSR count). The van der Waals surface area contributed by atoms with Crippen LogP contribution in [0.4, 0.5) is 0 Å². The van der Waals surface area contributed by atoms with E-state index in [0.29, 0.717) is 0 Å². The summed E-state index contributed by atoms with van der Waals surface area (Å²) in [6.07, 6.45) is 2.00.